The molecule has 112 valence electrons. The average molecular weight is 287 g/mol. The molecule has 1 N–H and O–H groups in total. The lowest BCUT2D eigenvalue weighted by Crippen LogP contribution is -2.45. The average Bonchev–Trinajstić information content (AvgIpc) is 2.99. The van der Waals surface area contributed by atoms with Gasteiger partial charge in [0.15, 0.2) is 5.82 Å². The molecule has 1 atom stereocenters. The molecule has 1 fully saturated rings. The summed E-state index contributed by atoms with van der Waals surface area (Å²) in [6, 6.07) is 4.09. The zero-order valence-electron chi connectivity index (χ0n) is 12.5. The second-order valence-electron chi connectivity index (χ2n) is 5.35. The van der Waals surface area contributed by atoms with Crippen molar-refractivity contribution in [1.82, 2.24) is 25.3 Å². The van der Waals surface area contributed by atoms with Gasteiger partial charge in [0.25, 0.3) is 5.89 Å². The molecular weight excluding hydrogens is 266 g/mol. The number of nitrogens with one attached hydrogen (secondary N) is 1. The third-order valence-electron chi connectivity index (χ3n) is 3.86. The van der Waals surface area contributed by atoms with Gasteiger partial charge in [-0.3, -0.25) is 9.88 Å². The van der Waals surface area contributed by atoms with Crippen molar-refractivity contribution in [3.8, 4) is 11.5 Å². The molecule has 0 spiro atoms. The molecule has 6 nitrogen and oxygen atoms in total. The van der Waals surface area contributed by atoms with Crippen LogP contribution in [0, 0.1) is 6.92 Å². The Morgan fingerprint density at radius 3 is 2.90 bits per heavy atom. The van der Waals surface area contributed by atoms with Crippen LogP contribution in [0.4, 0.5) is 0 Å². The number of aromatic nitrogens is 3. The van der Waals surface area contributed by atoms with Crippen LogP contribution in [0.15, 0.2) is 22.9 Å². The van der Waals surface area contributed by atoms with E-state index in [1.165, 1.54) is 0 Å². The van der Waals surface area contributed by atoms with Crippen LogP contribution >= 0.6 is 0 Å². The Kier molecular flexibility index (Phi) is 4.26. The minimum Gasteiger partial charge on any atom is -0.334 e. The Labute approximate surface area is 124 Å². The SMILES string of the molecule is CCC(c1noc(-c2ccnc(C)c2)n1)N1CCNCC1. The van der Waals surface area contributed by atoms with E-state index in [2.05, 4.69) is 32.3 Å². The van der Waals surface area contributed by atoms with Crippen LogP contribution in [0.5, 0.6) is 0 Å². The van der Waals surface area contributed by atoms with Crippen molar-refractivity contribution in [3.05, 3.63) is 29.8 Å². The van der Waals surface area contributed by atoms with Crippen molar-refractivity contribution in [3.63, 3.8) is 0 Å². The lowest BCUT2D eigenvalue weighted by Gasteiger charge is -2.32. The number of pyridine rings is 1. The van der Waals surface area contributed by atoms with Gasteiger partial charge in [-0.2, -0.15) is 4.98 Å². The molecule has 2 aromatic rings. The van der Waals surface area contributed by atoms with Gasteiger partial charge in [-0.15, -0.1) is 0 Å². The van der Waals surface area contributed by atoms with E-state index in [9.17, 15) is 0 Å². The lowest BCUT2D eigenvalue weighted by molar-refractivity contribution is 0.160. The number of piperazine rings is 1. The number of rotatable bonds is 4. The van der Waals surface area contributed by atoms with E-state index in [1.807, 2.05) is 19.1 Å². The van der Waals surface area contributed by atoms with Crippen LogP contribution < -0.4 is 5.32 Å². The molecule has 0 saturated carbocycles. The van der Waals surface area contributed by atoms with Crippen LogP contribution in [-0.2, 0) is 0 Å². The molecule has 0 bridgehead atoms. The fourth-order valence-electron chi connectivity index (χ4n) is 2.76. The molecular formula is C15H21N5O. The van der Waals surface area contributed by atoms with E-state index >= 15 is 0 Å². The van der Waals surface area contributed by atoms with E-state index in [0.717, 1.165) is 49.7 Å². The molecule has 1 aliphatic heterocycles. The second-order valence-corrected chi connectivity index (χ2v) is 5.35. The first-order chi connectivity index (χ1) is 10.3. The summed E-state index contributed by atoms with van der Waals surface area (Å²) in [7, 11) is 0. The maximum absolute atomic E-state index is 5.45. The van der Waals surface area contributed by atoms with Gasteiger partial charge in [0.1, 0.15) is 0 Å². The highest BCUT2D eigenvalue weighted by Crippen LogP contribution is 2.25. The standard InChI is InChI=1S/C15H21N5O/c1-3-13(20-8-6-16-7-9-20)14-18-15(21-19-14)12-4-5-17-11(2)10-12/h4-5,10,13,16H,3,6-9H2,1-2H3. The summed E-state index contributed by atoms with van der Waals surface area (Å²) >= 11 is 0. The lowest BCUT2D eigenvalue weighted by atomic mass is 10.1. The van der Waals surface area contributed by atoms with Gasteiger partial charge in [0.2, 0.25) is 0 Å². The van der Waals surface area contributed by atoms with Crippen LogP contribution in [0.25, 0.3) is 11.5 Å². The van der Waals surface area contributed by atoms with Crippen LogP contribution in [-0.4, -0.2) is 46.2 Å². The van der Waals surface area contributed by atoms with Crippen molar-refractivity contribution >= 4 is 0 Å². The van der Waals surface area contributed by atoms with Crippen molar-refractivity contribution in [2.45, 2.75) is 26.3 Å². The van der Waals surface area contributed by atoms with Crippen molar-refractivity contribution in [2.75, 3.05) is 26.2 Å². The predicted octanol–water partition coefficient (Wildman–Crippen LogP) is 1.80. The van der Waals surface area contributed by atoms with E-state index in [-0.39, 0.29) is 6.04 Å². The van der Waals surface area contributed by atoms with Gasteiger partial charge in [-0.05, 0) is 25.5 Å². The first-order valence-electron chi connectivity index (χ1n) is 7.49. The van der Waals surface area contributed by atoms with E-state index in [4.69, 9.17) is 4.52 Å². The number of nitrogens with zero attached hydrogens (tertiary/aromatic N) is 4. The smallest absolute Gasteiger partial charge is 0.258 e. The summed E-state index contributed by atoms with van der Waals surface area (Å²) in [6.45, 7) is 8.21. The minimum atomic E-state index is 0.229. The van der Waals surface area contributed by atoms with Gasteiger partial charge in [-0.1, -0.05) is 12.1 Å². The van der Waals surface area contributed by atoms with Gasteiger partial charge in [0.05, 0.1) is 6.04 Å². The Morgan fingerprint density at radius 1 is 1.38 bits per heavy atom. The van der Waals surface area contributed by atoms with Gasteiger partial charge >= 0.3 is 0 Å². The Hall–Kier alpha value is -1.79. The van der Waals surface area contributed by atoms with Gasteiger partial charge < -0.3 is 9.84 Å². The summed E-state index contributed by atoms with van der Waals surface area (Å²) in [6.07, 6.45) is 2.75. The third-order valence-corrected chi connectivity index (χ3v) is 3.86. The summed E-state index contributed by atoms with van der Waals surface area (Å²) in [5, 5.41) is 7.57. The molecule has 3 heterocycles. The molecule has 3 rings (SSSR count). The summed E-state index contributed by atoms with van der Waals surface area (Å²) in [4.78, 5) is 11.2. The van der Waals surface area contributed by atoms with Crippen molar-refractivity contribution in [2.24, 2.45) is 0 Å². The van der Waals surface area contributed by atoms with Gasteiger partial charge in [0, 0.05) is 43.6 Å². The highest BCUT2D eigenvalue weighted by Gasteiger charge is 2.25. The first kappa shape index (κ1) is 14.2. The number of aryl methyl sites for hydroxylation is 1. The maximum Gasteiger partial charge on any atom is 0.258 e. The molecule has 0 amide bonds. The molecule has 6 heteroatoms. The molecule has 1 aliphatic rings. The van der Waals surface area contributed by atoms with Crippen LogP contribution in [0.1, 0.15) is 30.9 Å². The molecule has 1 unspecified atom stereocenters. The normalized spacial score (nSPS) is 17.8. The Balaban J connectivity index is 1.82. The van der Waals surface area contributed by atoms with Crippen molar-refractivity contribution in [1.29, 1.82) is 0 Å². The molecule has 0 aliphatic carbocycles. The second kappa shape index (κ2) is 6.32. The van der Waals surface area contributed by atoms with Crippen LogP contribution in [0.3, 0.4) is 0 Å². The van der Waals surface area contributed by atoms with Gasteiger partial charge in [-0.25, -0.2) is 0 Å². The predicted molar refractivity (Wildman–Crippen MR) is 79.7 cm³/mol. The molecule has 0 aromatic carbocycles. The molecule has 2 aromatic heterocycles. The monoisotopic (exact) mass is 287 g/mol. The fourth-order valence-corrected chi connectivity index (χ4v) is 2.76. The maximum atomic E-state index is 5.45. The van der Waals surface area contributed by atoms with E-state index in [1.54, 1.807) is 6.20 Å². The summed E-state index contributed by atoms with van der Waals surface area (Å²) in [5.74, 6) is 1.35. The zero-order chi connectivity index (χ0) is 14.7. The zero-order valence-corrected chi connectivity index (χ0v) is 12.5. The summed E-state index contributed by atoms with van der Waals surface area (Å²) < 4.78 is 5.45. The molecule has 21 heavy (non-hydrogen) atoms. The molecule has 1 saturated heterocycles. The topological polar surface area (TPSA) is 67.1 Å². The Bertz CT molecular complexity index is 591. The largest absolute Gasteiger partial charge is 0.334 e. The van der Waals surface area contributed by atoms with Crippen molar-refractivity contribution < 1.29 is 4.52 Å². The quantitative estimate of drug-likeness (QED) is 0.925. The minimum absolute atomic E-state index is 0.229. The third kappa shape index (κ3) is 3.11. The Morgan fingerprint density at radius 2 is 2.19 bits per heavy atom. The van der Waals surface area contributed by atoms with E-state index in [0.29, 0.717) is 5.89 Å². The first-order valence-corrected chi connectivity index (χ1v) is 7.49. The molecule has 0 radical (unpaired) electrons. The van der Waals surface area contributed by atoms with E-state index < -0.39 is 0 Å². The highest BCUT2D eigenvalue weighted by atomic mass is 16.5. The van der Waals surface area contributed by atoms with Crippen LogP contribution in [0.2, 0.25) is 0 Å². The highest BCUT2D eigenvalue weighted by molar-refractivity contribution is 5.52. The fraction of sp³-hybridized carbons (Fsp3) is 0.533. The number of hydrogen-bond acceptors (Lipinski definition) is 6. The number of hydrogen-bond donors (Lipinski definition) is 1. The summed E-state index contributed by atoms with van der Waals surface area (Å²) in [5.41, 5.74) is 1.87.